The molecule has 0 amide bonds. The molecule has 2 N–H and O–H groups in total. The molecule has 0 fully saturated rings. The van der Waals surface area contributed by atoms with Crippen LogP contribution in [0.5, 0.6) is 0 Å². The Hall–Kier alpha value is -3.15. The Balaban J connectivity index is 1.77. The van der Waals surface area contributed by atoms with E-state index in [-0.39, 0.29) is 0 Å². The number of nitrogens with one attached hydrogen (secondary N) is 2. The minimum atomic E-state index is 0.841. The summed E-state index contributed by atoms with van der Waals surface area (Å²) in [7, 11) is 0. The molecule has 0 unspecified atom stereocenters. The SMILES string of the molecule is Cc1cccc(-n2nc3c(c2-c2ccc4[nH]ncc4c2)CCN3)n1. The van der Waals surface area contributed by atoms with Crippen molar-refractivity contribution < 1.29 is 0 Å². The second kappa shape index (κ2) is 4.92. The van der Waals surface area contributed by atoms with Gasteiger partial charge in [0.05, 0.1) is 17.4 Å². The van der Waals surface area contributed by atoms with Gasteiger partial charge in [0.2, 0.25) is 0 Å². The zero-order valence-electron chi connectivity index (χ0n) is 13.2. The van der Waals surface area contributed by atoms with E-state index in [1.807, 2.05) is 36.0 Å². The molecular formula is C18H16N6. The number of aromatic nitrogens is 5. The summed E-state index contributed by atoms with van der Waals surface area (Å²) in [4.78, 5) is 4.65. The normalized spacial score (nSPS) is 13.2. The molecule has 0 bridgehead atoms. The quantitative estimate of drug-likeness (QED) is 0.596. The lowest BCUT2D eigenvalue weighted by molar-refractivity contribution is 0.842. The number of fused-ring (bicyclic) bond motifs is 2. The molecule has 1 aromatic carbocycles. The van der Waals surface area contributed by atoms with Crippen LogP contribution < -0.4 is 5.32 Å². The van der Waals surface area contributed by atoms with Crippen molar-refractivity contribution in [2.75, 3.05) is 11.9 Å². The molecule has 1 aliphatic heterocycles. The number of aromatic amines is 1. The molecule has 5 rings (SSSR count). The van der Waals surface area contributed by atoms with Crippen LogP contribution in [0.1, 0.15) is 11.3 Å². The first-order valence-corrected chi connectivity index (χ1v) is 8.03. The van der Waals surface area contributed by atoms with E-state index in [1.165, 1.54) is 5.56 Å². The summed E-state index contributed by atoms with van der Waals surface area (Å²) in [5.74, 6) is 1.80. The van der Waals surface area contributed by atoms with Crippen LogP contribution in [-0.2, 0) is 6.42 Å². The van der Waals surface area contributed by atoms with Gasteiger partial charge in [0.25, 0.3) is 0 Å². The lowest BCUT2D eigenvalue weighted by Gasteiger charge is -2.09. The molecule has 6 heteroatoms. The number of rotatable bonds is 2. The molecule has 0 radical (unpaired) electrons. The van der Waals surface area contributed by atoms with Gasteiger partial charge in [-0.3, -0.25) is 5.10 Å². The molecule has 1 aliphatic rings. The molecule has 3 aromatic heterocycles. The zero-order valence-corrected chi connectivity index (χ0v) is 13.2. The minimum absolute atomic E-state index is 0.841. The van der Waals surface area contributed by atoms with Crippen molar-refractivity contribution in [2.45, 2.75) is 13.3 Å². The van der Waals surface area contributed by atoms with Crippen molar-refractivity contribution in [3.05, 3.63) is 53.9 Å². The van der Waals surface area contributed by atoms with Crippen molar-refractivity contribution in [2.24, 2.45) is 0 Å². The molecule has 0 aliphatic carbocycles. The summed E-state index contributed by atoms with van der Waals surface area (Å²) in [5.41, 5.74) is 5.50. The van der Waals surface area contributed by atoms with Crippen molar-refractivity contribution in [1.29, 1.82) is 0 Å². The number of pyridine rings is 1. The monoisotopic (exact) mass is 316 g/mol. The third kappa shape index (κ3) is 1.93. The van der Waals surface area contributed by atoms with Gasteiger partial charge in [0.15, 0.2) is 11.6 Å². The number of anilines is 1. The highest BCUT2D eigenvalue weighted by molar-refractivity contribution is 5.85. The average Bonchev–Trinajstić information content (AvgIpc) is 3.29. The molecule has 0 atom stereocenters. The highest BCUT2D eigenvalue weighted by Gasteiger charge is 2.24. The third-order valence-corrected chi connectivity index (χ3v) is 4.46. The number of hydrogen-bond donors (Lipinski definition) is 2. The van der Waals surface area contributed by atoms with E-state index in [4.69, 9.17) is 5.10 Å². The second-order valence-electron chi connectivity index (χ2n) is 6.07. The van der Waals surface area contributed by atoms with Crippen molar-refractivity contribution in [1.82, 2.24) is 25.0 Å². The van der Waals surface area contributed by atoms with Gasteiger partial charge in [-0.2, -0.15) is 5.10 Å². The second-order valence-corrected chi connectivity index (χ2v) is 6.07. The van der Waals surface area contributed by atoms with Crippen molar-refractivity contribution >= 4 is 16.7 Å². The van der Waals surface area contributed by atoms with E-state index in [9.17, 15) is 0 Å². The Labute approximate surface area is 138 Å². The van der Waals surface area contributed by atoms with Crippen LogP contribution in [0, 0.1) is 6.92 Å². The summed E-state index contributed by atoms with van der Waals surface area (Å²) in [6.07, 6.45) is 2.82. The van der Waals surface area contributed by atoms with Gasteiger partial charge in [-0.15, -0.1) is 5.10 Å². The number of H-pyrrole nitrogens is 1. The van der Waals surface area contributed by atoms with E-state index in [0.29, 0.717) is 0 Å². The smallest absolute Gasteiger partial charge is 0.154 e. The van der Waals surface area contributed by atoms with Crippen LogP contribution in [0.3, 0.4) is 0 Å². The molecular weight excluding hydrogens is 300 g/mol. The fraction of sp³-hybridized carbons (Fsp3) is 0.167. The Morgan fingerprint density at radius 1 is 1.17 bits per heavy atom. The van der Waals surface area contributed by atoms with E-state index >= 15 is 0 Å². The van der Waals surface area contributed by atoms with Gasteiger partial charge in [-0.05, 0) is 37.6 Å². The topological polar surface area (TPSA) is 71.4 Å². The molecule has 118 valence electrons. The van der Waals surface area contributed by atoms with Gasteiger partial charge in [0, 0.05) is 28.8 Å². The standard InChI is InChI=1S/C18H16N6/c1-11-3-2-4-16(21-11)24-17(14-7-8-19-18(14)23-24)12-5-6-15-13(9-12)10-20-22-15/h2-6,9-10H,7-8H2,1H3,(H,19,23)(H,20,22). The first-order chi connectivity index (χ1) is 11.8. The van der Waals surface area contributed by atoms with E-state index in [2.05, 4.69) is 38.7 Å². The minimum Gasteiger partial charge on any atom is -0.368 e. The van der Waals surface area contributed by atoms with Crippen LogP contribution in [0.4, 0.5) is 5.82 Å². The van der Waals surface area contributed by atoms with Gasteiger partial charge in [0.1, 0.15) is 0 Å². The van der Waals surface area contributed by atoms with Crippen LogP contribution in [0.15, 0.2) is 42.6 Å². The van der Waals surface area contributed by atoms with Gasteiger partial charge in [-0.25, -0.2) is 9.67 Å². The van der Waals surface area contributed by atoms with Crippen LogP contribution in [-0.4, -0.2) is 31.5 Å². The first kappa shape index (κ1) is 13.3. The highest BCUT2D eigenvalue weighted by atomic mass is 15.4. The summed E-state index contributed by atoms with van der Waals surface area (Å²) < 4.78 is 1.95. The van der Waals surface area contributed by atoms with Crippen molar-refractivity contribution in [3.63, 3.8) is 0 Å². The number of nitrogens with zero attached hydrogens (tertiary/aromatic N) is 4. The first-order valence-electron chi connectivity index (χ1n) is 8.03. The third-order valence-electron chi connectivity index (χ3n) is 4.46. The number of benzene rings is 1. The van der Waals surface area contributed by atoms with Crippen LogP contribution >= 0.6 is 0 Å². The van der Waals surface area contributed by atoms with Crippen LogP contribution in [0.25, 0.3) is 28.0 Å². The number of aryl methyl sites for hydroxylation is 1. The lowest BCUT2D eigenvalue weighted by Crippen LogP contribution is -2.06. The highest BCUT2D eigenvalue weighted by Crippen LogP contribution is 2.35. The molecule has 4 heterocycles. The van der Waals surface area contributed by atoms with E-state index < -0.39 is 0 Å². The molecule has 0 saturated carbocycles. The Bertz CT molecular complexity index is 1060. The fourth-order valence-electron chi connectivity index (χ4n) is 3.33. The predicted molar refractivity (Wildman–Crippen MR) is 93.4 cm³/mol. The largest absolute Gasteiger partial charge is 0.368 e. The summed E-state index contributed by atoms with van der Waals surface area (Å²) >= 11 is 0. The van der Waals surface area contributed by atoms with E-state index in [0.717, 1.165) is 52.5 Å². The van der Waals surface area contributed by atoms with Gasteiger partial charge in [-0.1, -0.05) is 12.1 Å². The average molecular weight is 316 g/mol. The lowest BCUT2D eigenvalue weighted by atomic mass is 10.0. The maximum atomic E-state index is 4.77. The predicted octanol–water partition coefficient (Wildman–Crippen LogP) is 3.09. The number of hydrogen-bond acceptors (Lipinski definition) is 4. The molecule has 24 heavy (non-hydrogen) atoms. The van der Waals surface area contributed by atoms with Gasteiger partial charge < -0.3 is 5.32 Å². The molecule has 4 aromatic rings. The van der Waals surface area contributed by atoms with Crippen LogP contribution in [0.2, 0.25) is 0 Å². The van der Waals surface area contributed by atoms with E-state index in [1.54, 1.807) is 0 Å². The Kier molecular flexibility index (Phi) is 2.73. The summed E-state index contributed by atoms with van der Waals surface area (Å²) in [6, 6.07) is 12.3. The maximum Gasteiger partial charge on any atom is 0.154 e. The Morgan fingerprint density at radius 2 is 2.12 bits per heavy atom. The zero-order chi connectivity index (χ0) is 16.1. The van der Waals surface area contributed by atoms with Gasteiger partial charge >= 0.3 is 0 Å². The Morgan fingerprint density at radius 3 is 3.04 bits per heavy atom. The molecule has 0 spiro atoms. The molecule has 0 saturated heterocycles. The molecule has 6 nitrogen and oxygen atoms in total. The maximum absolute atomic E-state index is 4.77. The van der Waals surface area contributed by atoms with Crippen molar-refractivity contribution in [3.8, 4) is 17.1 Å². The summed E-state index contributed by atoms with van der Waals surface area (Å²) in [6.45, 7) is 2.93. The fourth-order valence-corrected chi connectivity index (χ4v) is 3.33. The summed E-state index contributed by atoms with van der Waals surface area (Å²) in [5, 5.41) is 16.3.